The lowest BCUT2D eigenvalue weighted by molar-refractivity contribution is -0.138. The Morgan fingerprint density at radius 1 is 1.08 bits per heavy atom. The highest BCUT2D eigenvalue weighted by atomic mass is 16.5. The predicted octanol–water partition coefficient (Wildman–Crippen LogP) is 3.10. The number of nitrogens with one attached hydrogen (secondary N) is 1. The van der Waals surface area contributed by atoms with E-state index in [-0.39, 0.29) is 18.7 Å². The molecule has 0 saturated carbocycles. The van der Waals surface area contributed by atoms with Gasteiger partial charge in [-0.2, -0.15) is 0 Å². The predicted molar refractivity (Wildman–Crippen MR) is 95.5 cm³/mol. The van der Waals surface area contributed by atoms with E-state index >= 15 is 0 Å². The molecular weight excluding hydrogens is 318 g/mol. The van der Waals surface area contributed by atoms with Crippen LogP contribution in [0.3, 0.4) is 0 Å². The number of benzene rings is 2. The molecule has 0 heterocycles. The van der Waals surface area contributed by atoms with Gasteiger partial charge in [-0.05, 0) is 42.2 Å². The van der Waals surface area contributed by atoms with Gasteiger partial charge in [0.2, 0.25) is 5.91 Å². The van der Waals surface area contributed by atoms with Crippen LogP contribution in [0.5, 0.6) is 5.75 Å². The highest BCUT2D eigenvalue weighted by molar-refractivity contribution is 5.80. The average molecular weight is 341 g/mol. The molecule has 0 saturated heterocycles. The van der Waals surface area contributed by atoms with Crippen molar-refractivity contribution in [3.63, 3.8) is 0 Å². The number of ether oxygens (including phenoxy) is 1. The zero-order chi connectivity index (χ0) is 18.1. The summed E-state index contributed by atoms with van der Waals surface area (Å²) in [4.78, 5) is 21.9. The van der Waals surface area contributed by atoms with Gasteiger partial charge < -0.3 is 15.2 Å². The first kappa shape index (κ1) is 18.5. The van der Waals surface area contributed by atoms with Gasteiger partial charge in [0.25, 0.3) is 0 Å². The lowest BCUT2D eigenvalue weighted by Gasteiger charge is -2.10. The maximum atomic E-state index is 11.5. The molecule has 5 nitrogen and oxygen atoms in total. The molecule has 2 N–H and O–H groups in total. The van der Waals surface area contributed by atoms with E-state index in [0.717, 1.165) is 16.9 Å². The highest BCUT2D eigenvalue weighted by Gasteiger charge is 2.05. The zero-order valence-corrected chi connectivity index (χ0v) is 14.3. The van der Waals surface area contributed by atoms with E-state index in [2.05, 4.69) is 18.3 Å². The third kappa shape index (κ3) is 6.67. The van der Waals surface area contributed by atoms with Crippen molar-refractivity contribution in [3.8, 4) is 5.75 Å². The van der Waals surface area contributed by atoms with Crippen LogP contribution in [-0.2, 0) is 22.6 Å². The normalized spacial score (nSPS) is 10.3. The maximum Gasteiger partial charge on any atom is 0.303 e. The first-order valence-electron chi connectivity index (χ1n) is 8.29. The van der Waals surface area contributed by atoms with Gasteiger partial charge in [-0.25, -0.2) is 0 Å². The number of hydrogen-bond donors (Lipinski definition) is 2. The van der Waals surface area contributed by atoms with E-state index in [4.69, 9.17) is 9.84 Å². The van der Waals surface area contributed by atoms with Crippen molar-refractivity contribution in [1.82, 2.24) is 5.32 Å². The standard InChI is InChI=1S/C20H23NO4/c1-15-5-2-3-7-17(15)14-25-18-8-4-6-16(13-18)11-12-21-19(22)9-10-20(23)24/h2-8,13H,9-12,14H2,1H3,(H,21,22)(H,23,24). The minimum atomic E-state index is -0.964. The van der Waals surface area contributed by atoms with Gasteiger partial charge in [-0.1, -0.05) is 36.4 Å². The lowest BCUT2D eigenvalue weighted by Crippen LogP contribution is -2.26. The molecule has 0 radical (unpaired) electrons. The Bertz CT molecular complexity index is 727. The third-order valence-corrected chi connectivity index (χ3v) is 3.86. The summed E-state index contributed by atoms with van der Waals surface area (Å²) >= 11 is 0. The molecule has 0 unspecified atom stereocenters. The quantitative estimate of drug-likeness (QED) is 0.735. The number of aliphatic carboxylic acids is 1. The van der Waals surface area contributed by atoms with Crippen molar-refractivity contribution < 1.29 is 19.4 Å². The Morgan fingerprint density at radius 3 is 2.64 bits per heavy atom. The van der Waals surface area contributed by atoms with Crippen LogP contribution in [0.1, 0.15) is 29.5 Å². The van der Waals surface area contributed by atoms with E-state index in [1.165, 1.54) is 5.56 Å². The van der Waals surface area contributed by atoms with E-state index < -0.39 is 5.97 Å². The lowest BCUT2D eigenvalue weighted by atomic mass is 10.1. The number of carbonyl (C=O) groups excluding carboxylic acids is 1. The molecule has 2 aromatic carbocycles. The van der Waals surface area contributed by atoms with E-state index in [9.17, 15) is 9.59 Å². The van der Waals surface area contributed by atoms with Crippen LogP contribution in [0, 0.1) is 6.92 Å². The second-order valence-corrected chi connectivity index (χ2v) is 5.86. The number of carbonyl (C=O) groups is 2. The van der Waals surface area contributed by atoms with Crippen LogP contribution in [-0.4, -0.2) is 23.5 Å². The Kier molecular flexibility index (Phi) is 7.01. The van der Waals surface area contributed by atoms with Crippen LogP contribution >= 0.6 is 0 Å². The molecule has 0 aliphatic rings. The summed E-state index contributed by atoms with van der Waals surface area (Å²) < 4.78 is 5.85. The molecule has 0 atom stereocenters. The van der Waals surface area contributed by atoms with E-state index in [1.807, 2.05) is 42.5 Å². The maximum absolute atomic E-state index is 11.5. The first-order chi connectivity index (χ1) is 12.0. The molecule has 132 valence electrons. The monoisotopic (exact) mass is 341 g/mol. The summed E-state index contributed by atoms with van der Waals surface area (Å²) in [5.74, 6) is -0.416. The van der Waals surface area contributed by atoms with Crippen molar-refractivity contribution in [2.75, 3.05) is 6.54 Å². The molecule has 0 spiro atoms. The summed E-state index contributed by atoms with van der Waals surface area (Å²) in [6.45, 7) is 3.05. The van der Waals surface area contributed by atoms with E-state index in [0.29, 0.717) is 19.6 Å². The van der Waals surface area contributed by atoms with Crippen molar-refractivity contribution in [2.24, 2.45) is 0 Å². The number of hydrogen-bond acceptors (Lipinski definition) is 3. The average Bonchev–Trinajstić information content (AvgIpc) is 2.60. The van der Waals surface area contributed by atoms with Crippen molar-refractivity contribution in [3.05, 3.63) is 65.2 Å². The fraction of sp³-hybridized carbons (Fsp3) is 0.300. The van der Waals surface area contributed by atoms with Crippen LogP contribution < -0.4 is 10.1 Å². The molecule has 0 fully saturated rings. The van der Waals surface area contributed by atoms with Gasteiger partial charge in [0.1, 0.15) is 12.4 Å². The zero-order valence-electron chi connectivity index (χ0n) is 14.3. The summed E-state index contributed by atoms with van der Waals surface area (Å²) in [7, 11) is 0. The fourth-order valence-corrected chi connectivity index (χ4v) is 2.38. The topological polar surface area (TPSA) is 75.6 Å². The van der Waals surface area contributed by atoms with Gasteiger partial charge in [-0.3, -0.25) is 9.59 Å². The van der Waals surface area contributed by atoms with Crippen molar-refractivity contribution in [2.45, 2.75) is 32.8 Å². The summed E-state index contributed by atoms with van der Waals surface area (Å²) in [6.07, 6.45) is 0.531. The molecular formula is C20H23NO4. The molecule has 0 aromatic heterocycles. The number of rotatable bonds is 9. The Hall–Kier alpha value is -2.82. The smallest absolute Gasteiger partial charge is 0.303 e. The minimum Gasteiger partial charge on any atom is -0.489 e. The second kappa shape index (κ2) is 9.47. The SMILES string of the molecule is Cc1ccccc1COc1cccc(CCNC(=O)CCC(=O)O)c1. The number of amides is 1. The van der Waals surface area contributed by atoms with Crippen molar-refractivity contribution >= 4 is 11.9 Å². The Morgan fingerprint density at radius 2 is 1.88 bits per heavy atom. The van der Waals surface area contributed by atoms with Gasteiger partial charge >= 0.3 is 5.97 Å². The number of aryl methyl sites for hydroxylation is 1. The van der Waals surface area contributed by atoms with Gasteiger partial charge in [-0.15, -0.1) is 0 Å². The van der Waals surface area contributed by atoms with Gasteiger partial charge in [0.15, 0.2) is 0 Å². The highest BCUT2D eigenvalue weighted by Crippen LogP contribution is 2.16. The third-order valence-electron chi connectivity index (χ3n) is 3.86. The van der Waals surface area contributed by atoms with Crippen molar-refractivity contribution in [1.29, 1.82) is 0 Å². The largest absolute Gasteiger partial charge is 0.489 e. The fourth-order valence-electron chi connectivity index (χ4n) is 2.38. The molecule has 5 heteroatoms. The Labute approximate surface area is 147 Å². The Balaban J connectivity index is 1.79. The number of carboxylic acid groups (broad SMARTS) is 1. The minimum absolute atomic E-state index is 0.00884. The van der Waals surface area contributed by atoms with Crippen LogP contribution in [0.25, 0.3) is 0 Å². The first-order valence-corrected chi connectivity index (χ1v) is 8.29. The second-order valence-electron chi connectivity index (χ2n) is 5.86. The molecule has 0 bridgehead atoms. The van der Waals surface area contributed by atoms with Crippen LogP contribution in [0.15, 0.2) is 48.5 Å². The van der Waals surface area contributed by atoms with E-state index in [1.54, 1.807) is 0 Å². The molecule has 25 heavy (non-hydrogen) atoms. The summed E-state index contributed by atoms with van der Waals surface area (Å²) in [5, 5.41) is 11.3. The molecule has 2 rings (SSSR count). The van der Waals surface area contributed by atoms with Gasteiger partial charge in [0, 0.05) is 13.0 Å². The van der Waals surface area contributed by atoms with Crippen LogP contribution in [0.4, 0.5) is 0 Å². The molecule has 0 aliphatic carbocycles. The number of carboxylic acids is 1. The van der Waals surface area contributed by atoms with Gasteiger partial charge in [0.05, 0.1) is 6.42 Å². The van der Waals surface area contributed by atoms with Crippen LogP contribution in [0.2, 0.25) is 0 Å². The summed E-state index contributed by atoms with van der Waals surface area (Å²) in [6, 6.07) is 15.9. The molecule has 1 amide bonds. The molecule has 2 aromatic rings. The molecule has 0 aliphatic heterocycles. The summed E-state index contributed by atoms with van der Waals surface area (Å²) in [5.41, 5.74) is 3.40.